The summed E-state index contributed by atoms with van der Waals surface area (Å²) >= 11 is 0. The minimum atomic E-state index is -4.52. The minimum absolute atomic E-state index is 0.00558. The molecule has 5 nitrogen and oxygen atoms in total. The van der Waals surface area contributed by atoms with Gasteiger partial charge in [0.25, 0.3) is 0 Å². The van der Waals surface area contributed by atoms with E-state index < -0.39 is 24.7 Å². The highest BCUT2D eigenvalue weighted by molar-refractivity contribution is 5.59. The molecule has 9 heteroatoms. The first-order valence-corrected chi connectivity index (χ1v) is 6.24. The summed E-state index contributed by atoms with van der Waals surface area (Å²) in [6, 6.07) is 3.90. The summed E-state index contributed by atoms with van der Waals surface area (Å²) in [5.41, 5.74) is 0.392. The molecule has 22 heavy (non-hydrogen) atoms. The third kappa shape index (κ3) is 2.22. The third-order valence-electron chi connectivity index (χ3n) is 3.39. The number of rotatable bonds is 1. The number of alkyl halides is 3. The van der Waals surface area contributed by atoms with Gasteiger partial charge in [0.15, 0.2) is 5.82 Å². The Kier molecular flexibility index (Phi) is 3.16. The summed E-state index contributed by atoms with van der Waals surface area (Å²) < 4.78 is 53.4. The average Bonchev–Trinajstić information content (AvgIpc) is 2.88. The maximum atomic E-state index is 13.9. The molecule has 1 unspecified atom stereocenters. The lowest BCUT2D eigenvalue weighted by Crippen LogP contribution is -2.42. The average molecular weight is 311 g/mol. The van der Waals surface area contributed by atoms with Gasteiger partial charge in [-0.15, -0.1) is 0 Å². The van der Waals surface area contributed by atoms with Gasteiger partial charge < -0.3 is 5.32 Å². The van der Waals surface area contributed by atoms with Crippen LogP contribution in [-0.2, 0) is 0 Å². The summed E-state index contributed by atoms with van der Waals surface area (Å²) in [6.45, 7) is -0.411. The van der Waals surface area contributed by atoms with Crippen LogP contribution in [-0.4, -0.2) is 27.4 Å². The SMILES string of the molecule is N#Cc1ccc(C2CN(C(F)(F)F)C=CN2)c2c(F)cnn12. The van der Waals surface area contributed by atoms with Crippen molar-refractivity contribution < 1.29 is 17.6 Å². The van der Waals surface area contributed by atoms with Crippen molar-refractivity contribution in [2.45, 2.75) is 12.3 Å². The number of nitrogens with one attached hydrogen (secondary N) is 1. The number of fused-ring (bicyclic) bond motifs is 1. The number of hydrogen-bond donors (Lipinski definition) is 1. The van der Waals surface area contributed by atoms with Crippen molar-refractivity contribution in [3.8, 4) is 6.07 Å². The molecule has 1 aliphatic heterocycles. The molecular weight excluding hydrogens is 302 g/mol. The summed E-state index contributed by atoms with van der Waals surface area (Å²) in [6.07, 6.45) is -1.55. The molecule has 3 rings (SSSR count). The summed E-state index contributed by atoms with van der Waals surface area (Å²) in [5.74, 6) is -0.693. The van der Waals surface area contributed by atoms with Crippen molar-refractivity contribution in [2.75, 3.05) is 6.54 Å². The summed E-state index contributed by atoms with van der Waals surface area (Å²) in [5, 5.41) is 15.5. The molecule has 0 spiro atoms. The van der Waals surface area contributed by atoms with Crippen molar-refractivity contribution in [3.63, 3.8) is 0 Å². The van der Waals surface area contributed by atoms with E-state index in [1.807, 2.05) is 6.07 Å². The van der Waals surface area contributed by atoms with Gasteiger partial charge in [-0.05, 0) is 6.07 Å². The van der Waals surface area contributed by atoms with Crippen LogP contribution in [0.1, 0.15) is 17.3 Å². The fourth-order valence-electron chi connectivity index (χ4n) is 2.39. The van der Waals surface area contributed by atoms with Crippen LogP contribution < -0.4 is 5.32 Å². The van der Waals surface area contributed by atoms with Crippen molar-refractivity contribution in [3.05, 3.63) is 47.8 Å². The summed E-state index contributed by atoms with van der Waals surface area (Å²) in [4.78, 5) is 0.206. The Balaban J connectivity index is 2.07. The van der Waals surface area contributed by atoms with E-state index in [-0.39, 0.29) is 16.1 Å². The standard InChI is InChI=1S/C13H9F4N5/c14-10-6-20-22-8(5-18)1-2-9(12(10)22)11-7-21(4-3-19-11)13(15,16)17/h1-4,6,11,19H,7H2. The van der Waals surface area contributed by atoms with E-state index in [9.17, 15) is 17.6 Å². The molecule has 0 fully saturated rings. The number of pyridine rings is 1. The van der Waals surface area contributed by atoms with Crippen molar-refractivity contribution in [1.82, 2.24) is 19.8 Å². The maximum absolute atomic E-state index is 13.9. The van der Waals surface area contributed by atoms with E-state index in [1.165, 1.54) is 12.1 Å². The van der Waals surface area contributed by atoms with Crippen molar-refractivity contribution >= 4 is 5.52 Å². The molecule has 1 N–H and O–H groups in total. The second-order valence-corrected chi connectivity index (χ2v) is 4.69. The monoisotopic (exact) mass is 311 g/mol. The maximum Gasteiger partial charge on any atom is 0.484 e. The first-order valence-electron chi connectivity index (χ1n) is 6.24. The Labute approximate surface area is 122 Å². The highest BCUT2D eigenvalue weighted by Gasteiger charge is 2.38. The van der Waals surface area contributed by atoms with E-state index >= 15 is 0 Å². The molecule has 0 amide bonds. The topological polar surface area (TPSA) is 56.4 Å². The van der Waals surface area contributed by atoms with Crippen LogP contribution in [0.4, 0.5) is 17.6 Å². The zero-order chi connectivity index (χ0) is 15.9. The fourth-order valence-corrected chi connectivity index (χ4v) is 2.39. The van der Waals surface area contributed by atoms with Crippen LogP contribution >= 0.6 is 0 Å². The number of aromatic nitrogens is 2. The first kappa shape index (κ1) is 14.2. The molecule has 1 aliphatic rings. The van der Waals surface area contributed by atoms with Crippen LogP contribution in [0.15, 0.2) is 30.7 Å². The fraction of sp³-hybridized carbons (Fsp3) is 0.231. The Hall–Kier alpha value is -2.76. The first-order chi connectivity index (χ1) is 10.4. The molecule has 2 aromatic rings. The molecule has 0 aliphatic carbocycles. The Morgan fingerprint density at radius 2 is 2.14 bits per heavy atom. The summed E-state index contributed by atoms with van der Waals surface area (Å²) in [7, 11) is 0. The van der Waals surface area contributed by atoms with Crippen LogP contribution in [0.5, 0.6) is 0 Å². The van der Waals surface area contributed by atoms with Crippen molar-refractivity contribution in [2.24, 2.45) is 0 Å². The highest BCUT2D eigenvalue weighted by Crippen LogP contribution is 2.30. The van der Waals surface area contributed by atoms with Gasteiger partial charge in [0, 0.05) is 18.0 Å². The molecule has 114 valence electrons. The Morgan fingerprint density at radius 3 is 2.82 bits per heavy atom. The van der Waals surface area contributed by atoms with Crippen LogP contribution in [0.25, 0.3) is 5.52 Å². The molecular formula is C13H9F4N5. The van der Waals surface area contributed by atoms with Crippen LogP contribution in [0.2, 0.25) is 0 Å². The van der Waals surface area contributed by atoms with E-state index in [0.29, 0.717) is 5.56 Å². The van der Waals surface area contributed by atoms with Gasteiger partial charge in [0.05, 0.1) is 18.8 Å². The third-order valence-corrected chi connectivity index (χ3v) is 3.39. The van der Waals surface area contributed by atoms with Crippen LogP contribution in [0, 0.1) is 17.1 Å². The van der Waals surface area contributed by atoms with Gasteiger partial charge in [0.1, 0.15) is 17.3 Å². The molecule has 0 bridgehead atoms. The lowest BCUT2D eigenvalue weighted by Gasteiger charge is -2.32. The second-order valence-electron chi connectivity index (χ2n) is 4.69. The second kappa shape index (κ2) is 4.91. The number of halogens is 4. The lowest BCUT2D eigenvalue weighted by molar-refractivity contribution is -0.230. The highest BCUT2D eigenvalue weighted by atomic mass is 19.4. The van der Waals surface area contributed by atoms with Crippen LogP contribution in [0.3, 0.4) is 0 Å². The van der Waals surface area contributed by atoms with E-state index in [1.54, 1.807) is 0 Å². The van der Waals surface area contributed by atoms with E-state index in [0.717, 1.165) is 23.1 Å². The van der Waals surface area contributed by atoms with E-state index in [4.69, 9.17) is 5.26 Å². The predicted molar refractivity (Wildman–Crippen MR) is 67.6 cm³/mol. The lowest BCUT2D eigenvalue weighted by atomic mass is 10.0. The van der Waals surface area contributed by atoms with Gasteiger partial charge in [0.2, 0.25) is 0 Å². The predicted octanol–water partition coefficient (Wildman–Crippen LogP) is 2.28. The molecule has 1 atom stereocenters. The molecule has 0 saturated heterocycles. The van der Waals surface area contributed by atoms with Crippen molar-refractivity contribution in [1.29, 1.82) is 5.26 Å². The smallest absolute Gasteiger partial charge is 0.381 e. The Bertz CT molecular complexity index is 786. The normalized spacial score (nSPS) is 18.3. The zero-order valence-corrected chi connectivity index (χ0v) is 11.0. The van der Waals surface area contributed by atoms with Gasteiger partial charge in [-0.1, -0.05) is 6.07 Å². The quantitative estimate of drug-likeness (QED) is 0.648. The number of nitriles is 1. The Morgan fingerprint density at radius 1 is 1.36 bits per heavy atom. The largest absolute Gasteiger partial charge is 0.484 e. The van der Waals surface area contributed by atoms with Gasteiger partial charge in [-0.3, -0.25) is 4.90 Å². The molecule has 0 saturated carbocycles. The minimum Gasteiger partial charge on any atom is -0.381 e. The van der Waals surface area contributed by atoms with Gasteiger partial charge in [-0.2, -0.15) is 23.5 Å². The zero-order valence-electron chi connectivity index (χ0n) is 11.0. The molecule has 0 aromatic carbocycles. The number of hydrogen-bond acceptors (Lipinski definition) is 4. The van der Waals surface area contributed by atoms with Gasteiger partial charge in [-0.25, -0.2) is 8.91 Å². The number of nitrogens with zero attached hydrogens (tertiary/aromatic N) is 4. The molecule has 3 heterocycles. The molecule has 0 radical (unpaired) electrons. The molecule has 2 aromatic heterocycles. The van der Waals surface area contributed by atoms with E-state index in [2.05, 4.69) is 10.4 Å². The van der Waals surface area contributed by atoms with Gasteiger partial charge >= 0.3 is 6.30 Å².